The van der Waals surface area contributed by atoms with Crippen molar-refractivity contribution < 1.29 is 14.2 Å². The summed E-state index contributed by atoms with van der Waals surface area (Å²) in [6.07, 6.45) is -0.0381. The van der Waals surface area contributed by atoms with Crippen LogP contribution in [-0.2, 0) is 4.74 Å². The fourth-order valence-electron chi connectivity index (χ4n) is 1.34. The highest BCUT2D eigenvalue weighted by atomic mass is 16.5. The summed E-state index contributed by atoms with van der Waals surface area (Å²) in [5.41, 5.74) is 6.29. The van der Waals surface area contributed by atoms with Gasteiger partial charge in [-0.2, -0.15) is 4.98 Å². The Morgan fingerprint density at radius 2 is 1.94 bits per heavy atom. The van der Waals surface area contributed by atoms with Crippen LogP contribution in [0.25, 0.3) is 0 Å². The highest BCUT2D eigenvalue weighted by Gasteiger charge is 2.10. The summed E-state index contributed by atoms with van der Waals surface area (Å²) < 4.78 is 16.4. The van der Waals surface area contributed by atoms with Crippen molar-refractivity contribution in [2.24, 2.45) is 0 Å². The van der Waals surface area contributed by atoms with E-state index in [9.17, 15) is 0 Å². The third kappa shape index (κ3) is 4.79. The number of aromatic nitrogens is 1. The number of nitrogens with zero attached hydrogens (tertiary/aromatic N) is 1. The van der Waals surface area contributed by atoms with E-state index < -0.39 is 0 Å². The molecule has 0 aromatic carbocycles. The van der Waals surface area contributed by atoms with Gasteiger partial charge in [-0.05, 0) is 33.8 Å². The topological polar surface area (TPSA) is 66.6 Å². The van der Waals surface area contributed by atoms with Crippen LogP contribution >= 0.6 is 0 Å². The van der Waals surface area contributed by atoms with Crippen molar-refractivity contribution in [2.75, 3.05) is 18.9 Å². The van der Waals surface area contributed by atoms with E-state index in [1.165, 1.54) is 0 Å². The van der Waals surface area contributed by atoms with Crippen LogP contribution in [0.1, 0.15) is 27.7 Å². The highest BCUT2D eigenvalue weighted by molar-refractivity contribution is 5.49. The lowest BCUT2D eigenvalue weighted by molar-refractivity contribution is 0.0628. The van der Waals surface area contributed by atoms with Gasteiger partial charge in [-0.25, -0.2) is 0 Å². The van der Waals surface area contributed by atoms with Crippen LogP contribution in [0.4, 0.5) is 5.69 Å². The van der Waals surface area contributed by atoms with Crippen LogP contribution in [0.2, 0.25) is 0 Å². The van der Waals surface area contributed by atoms with Crippen LogP contribution in [0.3, 0.4) is 0 Å². The second kappa shape index (κ2) is 7.06. The molecule has 0 radical (unpaired) electrons. The average Bonchev–Trinajstić information content (AvgIpc) is 2.30. The monoisotopic (exact) mass is 254 g/mol. The van der Waals surface area contributed by atoms with Crippen molar-refractivity contribution in [3.8, 4) is 11.8 Å². The molecule has 1 unspecified atom stereocenters. The minimum absolute atomic E-state index is 0.0240. The molecule has 2 N–H and O–H groups in total. The van der Waals surface area contributed by atoms with Crippen LogP contribution in [-0.4, -0.2) is 30.4 Å². The van der Waals surface area contributed by atoms with Crippen LogP contribution in [0.15, 0.2) is 12.1 Å². The Labute approximate surface area is 108 Å². The number of nitrogen functional groups attached to an aromatic ring is 1. The van der Waals surface area contributed by atoms with Gasteiger partial charge in [0.25, 0.3) is 0 Å². The van der Waals surface area contributed by atoms with Crippen molar-refractivity contribution in [1.29, 1.82) is 0 Å². The Kier molecular flexibility index (Phi) is 5.71. The molecule has 1 aromatic rings. The zero-order chi connectivity index (χ0) is 13.5. The molecule has 5 heteroatoms. The highest BCUT2D eigenvalue weighted by Crippen LogP contribution is 2.23. The predicted octanol–water partition coefficient (Wildman–Crippen LogP) is 2.25. The number of hydrogen-bond donors (Lipinski definition) is 1. The van der Waals surface area contributed by atoms with E-state index in [1.54, 1.807) is 12.1 Å². The van der Waals surface area contributed by atoms with Gasteiger partial charge in [-0.3, -0.25) is 0 Å². The lowest BCUT2D eigenvalue weighted by Gasteiger charge is -2.16. The van der Waals surface area contributed by atoms with Gasteiger partial charge in [-0.15, -0.1) is 0 Å². The molecule has 0 saturated heterocycles. The van der Waals surface area contributed by atoms with Gasteiger partial charge in [-0.1, -0.05) is 0 Å². The zero-order valence-electron chi connectivity index (χ0n) is 11.5. The lowest BCUT2D eigenvalue weighted by Crippen LogP contribution is -2.20. The molecule has 0 aliphatic heterocycles. The van der Waals surface area contributed by atoms with Crippen LogP contribution in [0.5, 0.6) is 11.8 Å². The van der Waals surface area contributed by atoms with Crippen molar-refractivity contribution in [1.82, 2.24) is 4.98 Å². The number of pyridine rings is 1. The Morgan fingerprint density at radius 1 is 1.22 bits per heavy atom. The minimum atomic E-state index is -0.0621. The van der Waals surface area contributed by atoms with Gasteiger partial charge in [0, 0.05) is 12.7 Å². The summed E-state index contributed by atoms with van der Waals surface area (Å²) in [5.74, 6) is 0.901. The molecule has 1 atom stereocenters. The quantitative estimate of drug-likeness (QED) is 0.808. The number of ether oxygens (including phenoxy) is 3. The summed E-state index contributed by atoms with van der Waals surface area (Å²) in [5, 5.41) is 0. The van der Waals surface area contributed by atoms with Crippen molar-refractivity contribution in [3.05, 3.63) is 12.1 Å². The molecule has 18 heavy (non-hydrogen) atoms. The van der Waals surface area contributed by atoms with E-state index in [-0.39, 0.29) is 12.2 Å². The normalized spacial score (nSPS) is 12.5. The number of rotatable bonds is 7. The van der Waals surface area contributed by atoms with Gasteiger partial charge in [0.1, 0.15) is 6.10 Å². The molecule has 102 valence electrons. The second-order valence-electron chi connectivity index (χ2n) is 4.30. The maximum Gasteiger partial charge on any atom is 0.240 e. The van der Waals surface area contributed by atoms with E-state index in [1.807, 2.05) is 27.7 Å². The molecule has 1 rings (SSSR count). The third-order valence-corrected chi connectivity index (χ3v) is 2.09. The fraction of sp³-hybridized carbons (Fsp3) is 0.615. The Balaban J connectivity index is 2.66. The Morgan fingerprint density at radius 3 is 2.56 bits per heavy atom. The molecular formula is C13H22N2O3. The van der Waals surface area contributed by atoms with Crippen molar-refractivity contribution in [3.63, 3.8) is 0 Å². The van der Waals surface area contributed by atoms with E-state index >= 15 is 0 Å². The minimum Gasteiger partial charge on any atom is -0.473 e. The average molecular weight is 254 g/mol. The van der Waals surface area contributed by atoms with Gasteiger partial charge >= 0.3 is 0 Å². The van der Waals surface area contributed by atoms with E-state index in [0.717, 1.165) is 0 Å². The summed E-state index contributed by atoms with van der Waals surface area (Å²) in [6, 6.07) is 3.46. The van der Waals surface area contributed by atoms with Crippen molar-refractivity contribution >= 4 is 5.69 Å². The van der Waals surface area contributed by atoms with Crippen LogP contribution < -0.4 is 15.2 Å². The van der Waals surface area contributed by atoms with E-state index in [0.29, 0.717) is 30.7 Å². The number of nitrogens with two attached hydrogens (primary N) is 1. The number of anilines is 1. The molecule has 0 fully saturated rings. The first-order chi connectivity index (χ1) is 8.52. The summed E-state index contributed by atoms with van der Waals surface area (Å²) in [7, 11) is 0. The number of hydrogen-bond acceptors (Lipinski definition) is 5. The second-order valence-corrected chi connectivity index (χ2v) is 4.30. The summed E-state index contributed by atoms with van der Waals surface area (Å²) >= 11 is 0. The van der Waals surface area contributed by atoms with Crippen molar-refractivity contribution in [2.45, 2.75) is 39.9 Å². The SMILES string of the molecule is CCOCC(C)Oc1ccc(N)c(OC(C)C)n1. The van der Waals surface area contributed by atoms with E-state index in [4.69, 9.17) is 19.9 Å². The first-order valence-corrected chi connectivity index (χ1v) is 6.20. The summed E-state index contributed by atoms with van der Waals surface area (Å²) in [4.78, 5) is 4.24. The van der Waals surface area contributed by atoms with Gasteiger partial charge in [0.05, 0.1) is 18.4 Å². The smallest absolute Gasteiger partial charge is 0.240 e. The fourth-order valence-corrected chi connectivity index (χ4v) is 1.34. The lowest BCUT2D eigenvalue weighted by atomic mass is 10.4. The molecule has 0 aliphatic rings. The van der Waals surface area contributed by atoms with E-state index in [2.05, 4.69) is 4.98 Å². The molecule has 0 spiro atoms. The van der Waals surface area contributed by atoms with Gasteiger partial charge in [0.15, 0.2) is 0 Å². The maximum atomic E-state index is 5.78. The Bertz CT molecular complexity index is 369. The van der Waals surface area contributed by atoms with Crippen LogP contribution in [0, 0.1) is 0 Å². The predicted molar refractivity (Wildman–Crippen MR) is 71.0 cm³/mol. The first-order valence-electron chi connectivity index (χ1n) is 6.20. The molecule has 1 aromatic heterocycles. The molecule has 0 amide bonds. The largest absolute Gasteiger partial charge is 0.473 e. The first kappa shape index (κ1) is 14.6. The zero-order valence-corrected chi connectivity index (χ0v) is 11.5. The molecule has 0 aliphatic carbocycles. The summed E-state index contributed by atoms with van der Waals surface area (Å²) in [6.45, 7) is 8.92. The molecule has 0 saturated carbocycles. The Hall–Kier alpha value is -1.49. The van der Waals surface area contributed by atoms with Gasteiger partial charge < -0.3 is 19.9 Å². The maximum absolute atomic E-state index is 5.78. The molecule has 0 bridgehead atoms. The molecule has 5 nitrogen and oxygen atoms in total. The molecule has 1 heterocycles. The third-order valence-electron chi connectivity index (χ3n) is 2.09. The molecular weight excluding hydrogens is 232 g/mol. The van der Waals surface area contributed by atoms with Gasteiger partial charge in [0.2, 0.25) is 11.8 Å². The standard InChI is InChI=1S/C13H22N2O3/c1-5-16-8-10(4)18-12-7-6-11(14)13(15-12)17-9(2)3/h6-7,9-10H,5,8,14H2,1-4H3.